The first-order valence-corrected chi connectivity index (χ1v) is 11.4. The minimum Gasteiger partial charge on any atom is -0.502 e. The highest BCUT2D eigenvalue weighted by Crippen LogP contribution is 2.33. The van der Waals surface area contributed by atoms with Gasteiger partial charge in [0.15, 0.2) is 4.80 Å². The molecule has 2 aromatic carbocycles. The van der Waals surface area contributed by atoms with Gasteiger partial charge in [0.2, 0.25) is 5.75 Å². The Morgan fingerprint density at radius 3 is 2.74 bits per heavy atom. The molecule has 180 valence electrons. The summed E-state index contributed by atoms with van der Waals surface area (Å²) in [7, 11) is 1.52. The number of thiazole rings is 1. The van der Waals surface area contributed by atoms with Gasteiger partial charge in [-0.05, 0) is 37.6 Å². The third-order valence-electron chi connectivity index (χ3n) is 5.46. The summed E-state index contributed by atoms with van der Waals surface area (Å²) in [5.74, 6) is -0.591. The lowest BCUT2D eigenvalue weighted by atomic mass is 9.95. The molecule has 0 fully saturated rings. The predicted molar refractivity (Wildman–Crippen MR) is 128 cm³/mol. The molecule has 0 aliphatic carbocycles. The molecule has 1 aromatic heterocycles. The van der Waals surface area contributed by atoms with Crippen LogP contribution in [0, 0.1) is 10.1 Å². The number of phenolic OH excluding ortho intramolecular Hbond substituents is 1. The van der Waals surface area contributed by atoms with Gasteiger partial charge in [-0.15, -0.1) is 0 Å². The van der Waals surface area contributed by atoms with Gasteiger partial charge in [0.25, 0.3) is 5.56 Å². The zero-order valence-electron chi connectivity index (χ0n) is 19.0. The summed E-state index contributed by atoms with van der Waals surface area (Å²) < 4.78 is 12.2. The van der Waals surface area contributed by atoms with E-state index in [-0.39, 0.29) is 22.3 Å². The second-order valence-electron chi connectivity index (χ2n) is 7.55. The molecule has 1 aliphatic rings. The Morgan fingerprint density at radius 2 is 2.06 bits per heavy atom. The Balaban J connectivity index is 1.98. The van der Waals surface area contributed by atoms with Crippen molar-refractivity contribution in [1.82, 2.24) is 4.57 Å². The number of methoxy groups -OCH3 is 1. The zero-order chi connectivity index (χ0) is 25.3. The average Bonchev–Trinajstić information content (AvgIpc) is 3.13. The fourth-order valence-corrected chi connectivity index (χ4v) is 4.91. The predicted octanol–water partition coefficient (Wildman–Crippen LogP) is 2.42. The molecule has 1 N–H and O–H groups in total. The number of hydrogen-bond acceptors (Lipinski definition) is 9. The van der Waals surface area contributed by atoms with Crippen molar-refractivity contribution < 1.29 is 24.3 Å². The molecule has 10 nitrogen and oxygen atoms in total. The third-order valence-corrected chi connectivity index (χ3v) is 6.44. The van der Waals surface area contributed by atoms with Gasteiger partial charge >= 0.3 is 11.7 Å². The number of ether oxygens (including phenoxy) is 2. The summed E-state index contributed by atoms with van der Waals surface area (Å²) in [6, 6.07) is 10.2. The summed E-state index contributed by atoms with van der Waals surface area (Å²) in [6.07, 6.45) is 1.37. The van der Waals surface area contributed by atoms with Gasteiger partial charge in [-0.1, -0.05) is 35.6 Å². The van der Waals surface area contributed by atoms with Crippen LogP contribution in [0.15, 0.2) is 63.5 Å². The van der Waals surface area contributed by atoms with Gasteiger partial charge in [-0.3, -0.25) is 19.5 Å². The van der Waals surface area contributed by atoms with E-state index in [0.717, 1.165) is 11.3 Å². The van der Waals surface area contributed by atoms with Crippen LogP contribution in [-0.2, 0) is 9.53 Å². The Kier molecular flexibility index (Phi) is 6.52. The fourth-order valence-electron chi connectivity index (χ4n) is 3.87. The molecule has 0 spiro atoms. The van der Waals surface area contributed by atoms with Crippen molar-refractivity contribution in [1.29, 1.82) is 0 Å². The maximum atomic E-state index is 13.6. The first kappa shape index (κ1) is 23.9. The Labute approximate surface area is 202 Å². The van der Waals surface area contributed by atoms with Crippen LogP contribution in [0.1, 0.15) is 31.0 Å². The van der Waals surface area contributed by atoms with E-state index in [1.165, 1.54) is 36.0 Å². The molecular formula is C24H21N3O7S. The number of phenols is 1. The van der Waals surface area contributed by atoms with Gasteiger partial charge in [0.1, 0.15) is 5.75 Å². The first-order valence-electron chi connectivity index (χ1n) is 10.6. The van der Waals surface area contributed by atoms with Gasteiger partial charge in [0.05, 0.1) is 40.5 Å². The highest BCUT2D eigenvalue weighted by atomic mass is 32.1. The molecule has 0 bridgehead atoms. The normalized spacial score (nSPS) is 15.4. The van der Waals surface area contributed by atoms with Crippen molar-refractivity contribution in [3.8, 4) is 11.5 Å². The smallest absolute Gasteiger partial charge is 0.338 e. The molecule has 0 amide bonds. The number of carbonyl (C=O) groups is 1. The minimum absolute atomic E-state index is 0.115. The van der Waals surface area contributed by atoms with Crippen molar-refractivity contribution in [3.63, 3.8) is 0 Å². The van der Waals surface area contributed by atoms with E-state index < -0.39 is 33.9 Å². The molecule has 11 heteroatoms. The molecular weight excluding hydrogens is 474 g/mol. The Hall–Kier alpha value is -4.25. The Bertz CT molecular complexity index is 1550. The van der Waals surface area contributed by atoms with Crippen molar-refractivity contribution in [2.24, 2.45) is 4.99 Å². The quantitative estimate of drug-likeness (QED) is 0.315. The van der Waals surface area contributed by atoms with E-state index in [1.807, 2.05) is 0 Å². The van der Waals surface area contributed by atoms with E-state index in [2.05, 4.69) is 4.99 Å². The van der Waals surface area contributed by atoms with Crippen LogP contribution in [0.25, 0.3) is 6.08 Å². The van der Waals surface area contributed by atoms with E-state index in [1.54, 1.807) is 38.1 Å². The minimum atomic E-state index is -0.832. The van der Waals surface area contributed by atoms with Crippen molar-refractivity contribution >= 4 is 29.1 Å². The molecule has 35 heavy (non-hydrogen) atoms. The van der Waals surface area contributed by atoms with E-state index in [0.29, 0.717) is 21.8 Å². The van der Waals surface area contributed by atoms with Crippen LogP contribution in [0.2, 0.25) is 0 Å². The topological polar surface area (TPSA) is 133 Å². The molecule has 0 unspecified atom stereocenters. The zero-order valence-corrected chi connectivity index (χ0v) is 19.9. The van der Waals surface area contributed by atoms with Crippen LogP contribution in [0.4, 0.5) is 5.69 Å². The first-order chi connectivity index (χ1) is 16.8. The van der Waals surface area contributed by atoms with Crippen LogP contribution >= 0.6 is 11.3 Å². The summed E-state index contributed by atoms with van der Waals surface area (Å²) in [5, 5.41) is 21.5. The molecule has 0 saturated carbocycles. The molecule has 4 rings (SSSR count). The standard InChI is InChI=1S/C24H21N3O7S/c1-4-34-23(30)19-13(2)25-24-26(20(19)14-7-5-9-16(11-14)33-3)22(29)18(35-24)12-15-8-6-10-17(21(15)28)27(31)32/h5-12,20,28H,4H2,1-3H3/t20-/m0/s1. The number of aromatic hydroxyl groups is 1. The lowest BCUT2D eigenvalue weighted by Crippen LogP contribution is -2.39. The lowest BCUT2D eigenvalue weighted by molar-refractivity contribution is -0.385. The second kappa shape index (κ2) is 9.55. The van der Waals surface area contributed by atoms with Gasteiger partial charge in [-0.2, -0.15) is 0 Å². The molecule has 2 heterocycles. The monoisotopic (exact) mass is 495 g/mol. The number of nitro benzene ring substituents is 1. The molecule has 0 saturated heterocycles. The highest BCUT2D eigenvalue weighted by Gasteiger charge is 2.33. The lowest BCUT2D eigenvalue weighted by Gasteiger charge is -2.25. The number of fused-ring (bicyclic) bond motifs is 1. The number of nitrogens with zero attached hydrogens (tertiary/aromatic N) is 3. The molecule has 3 aromatic rings. The van der Waals surface area contributed by atoms with Gasteiger partial charge in [-0.25, -0.2) is 9.79 Å². The number of benzene rings is 2. The van der Waals surface area contributed by atoms with Gasteiger partial charge < -0.3 is 14.6 Å². The highest BCUT2D eigenvalue weighted by molar-refractivity contribution is 7.07. The number of allylic oxidation sites excluding steroid dienone is 1. The van der Waals surface area contributed by atoms with Crippen molar-refractivity contribution in [3.05, 3.63) is 94.7 Å². The van der Waals surface area contributed by atoms with E-state index >= 15 is 0 Å². The fraction of sp³-hybridized carbons (Fsp3) is 0.208. The third kappa shape index (κ3) is 4.33. The second-order valence-corrected chi connectivity index (χ2v) is 8.56. The Morgan fingerprint density at radius 1 is 1.31 bits per heavy atom. The maximum Gasteiger partial charge on any atom is 0.338 e. The summed E-state index contributed by atoms with van der Waals surface area (Å²) >= 11 is 1.05. The van der Waals surface area contributed by atoms with E-state index in [4.69, 9.17) is 9.47 Å². The van der Waals surface area contributed by atoms with Crippen LogP contribution in [0.5, 0.6) is 11.5 Å². The number of para-hydroxylation sites is 1. The number of hydrogen-bond donors (Lipinski definition) is 1. The number of carbonyl (C=O) groups excluding carboxylic acids is 1. The van der Waals surface area contributed by atoms with Crippen LogP contribution < -0.4 is 19.6 Å². The largest absolute Gasteiger partial charge is 0.502 e. The number of rotatable bonds is 6. The van der Waals surface area contributed by atoms with Crippen molar-refractivity contribution in [2.45, 2.75) is 19.9 Å². The van der Waals surface area contributed by atoms with E-state index in [9.17, 15) is 24.8 Å². The molecule has 1 atom stereocenters. The van der Waals surface area contributed by atoms with Crippen LogP contribution in [-0.4, -0.2) is 34.3 Å². The molecule has 1 aliphatic heterocycles. The number of aromatic nitrogens is 1. The average molecular weight is 496 g/mol. The summed E-state index contributed by atoms with van der Waals surface area (Å²) in [6.45, 7) is 3.51. The van der Waals surface area contributed by atoms with Crippen LogP contribution in [0.3, 0.4) is 0 Å². The van der Waals surface area contributed by atoms with Gasteiger partial charge in [0, 0.05) is 11.6 Å². The summed E-state index contributed by atoms with van der Waals surface area (Å²) in [4.78, 5) is 41.8. The number of esters is 1. The summed E-state index contributed by atoms with van der Waals surface area (Å²) in [5.41, 5.74) is 0.416. The van der Waals surface area contributed by atoms with Crippen molar-refractivity contribution in [2.75, 3.05) is 13.7 Å². The molecule has 0 radical (unpaired) electrons. The number of nitro groups is 1. The maximum absolute atomic E-state index is 13.6. The SMILES string of the molecule is CCOC(=O)C1=C(C)N=c2sc(=Cc3cccc([N+](=O)[O-])c3O)c(=O)n2[C@H]1c1cccc(OC)c1.